The van der Waals surface area contributed by atoms with Gasteiger partial charge in [0.25, 0.3) is 0 Å². The van der Waals surface area contributed by atoms with Crippen LogP contribution in [0.3, 0.4) is 0 Å². The zero-order chi connectivity index (χ0) is 18.1. The molecule has 2 aromatic carbocycles. The van der Waals surface area contributed by atoms with Gasteiger partial charge in [-0.1, -0.05) is 48.5 Å². The first kappa shape index (κ1) is 16.6. The summed E-state index contributed by atoms with van der Waals surface area (Å²) in [6.45, 7) is 0.741. The molecule has 134 valence electrons. The minimum Gasteiger partial charge on any atom is -0.480 e. The van der Waals surface area contributed by atoms with Gasteiger partial charge >= 0.3 is 12.1 Å². The van der Waals surface area contributed by atoms with E-state index in [-0.39, 0.29) is 12.5 Å². The Morgan fingerprint density at radius 3 is 2.31 bits per heavy atom. The maximum absolute atomic E-state index is 12.5. The highest BCUT2D eigenvalue weighted by molar-refractivity contribution is 5.81. The Hall–Kier alpha value is -2.86. The Bertz CT molecular complexity index is 806. The SMILES string of the molecule is O=C(O)C1CCCNN1C(=O)OCC1c2ccccc2-c2ccccc21. The second-order valence-corrected chi connectivity index (χ2v) is 6.58. The van der Waals surface area contributed by atoms with E-state index in [1.807, 2.05) is 36.4 Å². The molecule has 1 fully saturated rings. The van der Waals surface area contributed by atoms with Crippen LogP contribution >= 0.6 is 0 Å². The van der Waals surface area contributed by atoms with Crippen LogP contribution in [-0.4, -0.2) is 41.4 Å². The minimum atomic E-state index is -1.02. The molecule has 6 heteroatoms. The molecule has 1 heterocycles. The number of hydrogen-bond donors (Lipinski definition) is 2. The molecule has 0 aromatic heterocycles. The Labute approximate surface area is 151 Å². The number of carboxylic acid groups (broad SMARTS) is 1. The van der Waals surface area contributed by atoms with E-state index in [9.17, 15) is 14.7 Å². The van der Waals surface area contributed by atoms with E-state index < -0.39 is 18.1 Å². The van der Waals surface area contributed by atoms with Gasteiger partial charge in [-0.2, -0.15) is 0 Å². The van der Waals surface area contributed by atoms with E-state index in [1.165, 1.54) is 0 Å². The minimum absolute atomic E-state index is 0.0422. The molecule has 0 bridgehead atoms. The van der Waals surface area contributed by atoms with E-state index in [0.29, 0.717) is 19.4 Å². The molecule has 1 amide bonds. The zero-order valence-corrected chi connectivity index (χ0v) is 14.2. The Morgan fingerprint density at radius 2 is 1.69 bits per heavy atom. The Balaban J connectivity index is 1.53. The maximum atomic E-state index is 12.5. The molecule has 2 aromatic rings. The van der Waals surface area contributed by atoms with Crippen molar-refractivity contribution in [3.63, 3.8) is 0 Å². The van der Waals surface area contributed by atoms with Gasteiger partial charge in [-0.15, -0.1) is 0 Å². The number of hydrazine groups is 1. The topological polar surface area (TPSA) is 78.9 Å². The number of rotatable bonds is 3. The van der Waals surface area contributed by atoms with Gasteiger partial charge in [0.1, 0.15) is 12.6 Å². The molecule has 4 rings (SSSR count). The largest absolute Gasteiger partial charge is 0.480 e. The van der Waals surface area contributed by atoms with Crippen molar-refractivity contribution in [2.45, 2.75) is 24.8 Å². The van der Waals surface area contributed by atoms with Crippen molar-refractivity contribution in [3.8, 4) is 11.1 Å². The fourth-order valence-electron chi connectivity index (χ4n) is 3.82. The second-order valence-electron chi connectivity index (χ2n) is 6.58. The number of amides is 1. The van der Waals surface area contributed by atoms with Gasteiger partial charge in [-0.05, 0) is 35.1 Å². The molecule has 2 aliphatic rings. The van der Waals surface area contributed by atoms with Crippen molar-refractivity contribution in [1.29, 1.82) is 0 Å². The van der Waals surface area contributed by atoms with E-state index in [2.05, 4.69) is 17.6 Å². The van der Waals surface area contributed by atoms with E-state index in [1.54, 1.807) is 0 Å². The van der Waals surface area contributed by atoms with Crippen molar-refractivity contribution in [2.24, 2.45) is 0 Å². The average molecular weight is 352 g/mol. The number of carbonyl (C=O) groups excluding carboxylic acids is 1. The molecule has 6 nitrogen and oxygen atoms in total. The molecule has 1 atom stereocenters. The third kappa shape index (κ3) is 2.82. The number of benzene rings is 2. The smallest absolute Gasteiger partial charge is 0.425 e. The van der Waals surface area contributed by atoms with Crippen molar-refractivity contribution in [1.82, 2.24) is 10.4 Å². The number of nitrogens with zero attached hydrogens (tertiary/aromatic N) is 1. The molecular weight excluding hydrogens is 332 g/mol. The van der Waals surface area contributed by atoms with Crippen LogP contribution in [0.2, 0.25) is 0 Å². The van der Waals surface area contributed by atoms with E-state index in [0.717, 1.165) is 27.3 Å². The predicted octanol–water partition coefficient (Wildman–Crippen LogP) is 2.99. The molecule has 1 aliphatic carbocycles. The fourth-order valence-corrected chi connectivity index (χ4v) is 3.82. The zero-order valence-electron chi connectivity index (χ0n) is 14.2. The summed E-state index contributed by atoms with van der Waals surface area (Å²) < 4.78 is 5.52. The molecule has 0 saturated carbocycles. The summed E-state index contributed by atoms with van der Waals surface area (Å²) >= 11 is 0. The first-order valence-electron chi connectivity index (χ1n) is 8.77. The highest BCUT2D eigenvalue weighted by Gasteiger charge is 2.35. The van der Waals surface area contributed by atoms with Gasteiger partial charge in [-0.3, -0.25) is 0 Å². The Kier molecular flexibility index (Phi) is 4.34. The molecule has 26 heavy (non-hydrogen) atoms. The summed E-state index contributed by atoms with van der Waals surface area (Å²) in [6.07, 6.45) is 0.496. The maximum Gasteiger partial charge on any atom is 0.425 e. The quantitative estimate of drug-likeness (QED) is 0.888. The summed E-state index contributed by atoms with van der Waals surface area (Å²) in [4.78, 5) is 23.8. The second kappa shape index (κ2) is 6.80. The molecule has 1 aliphatic heterocycles. The highest BCUT2D eigenvalue weighted by Crippen LogP contribution is 2.44. The van der Waals surface area contributed by atoms with Crippen LogP contribution in [0.5, 0.6) is 0 Å². The third-order valence-electron chi connectivity index (χ3n) is 5.07. The highest BCUT2D eigenvalue weighted by atomic mass is 16.6. The monoisotopic (exact) mass is 352 g/mol. The van der Waals surface area contributed by atoms with Crippen molar-refractivity contribution >= 4 is 12.1 Å². The average Bonchev–Trinajstić information content (AvgIpc) is 3.00. The van der Waals surface area contributed by atoms with Gasteiger partial charge in [0.15, 0.2) is 0 Å². The van der Waals surface area contributed by atoms with Crippen LogP contribution in [-0.2, 0) is 9.53 Å². The van der Waals surface area contributed by atoms with Gasteiger partial charge in [0.05, 0.1) is 0 Å². The van der Waals surface area contributed by atoms with Crippen molar-refractivity contribution < 1.29 is 19.4 Å². The van der Waals surface area contributed by atoms with Gasteiger partial charge in [-0.25, -0.2) is 20.0 Å². The molecule has 0 radical (unpaired) electrons. The number of nitrogens with one attached hydrogen (secondary N) is 1. The number of aliphatic carboxylic acids is 1. The van der Waals surface area contributed by atoms with Crippen LogP contribution in [0.15, 0.2) is 48.5 Å². The number of hydrogen-bond acceptors (Lipinski definition) is 4. The summed E-state index contributed by atoms with van der Waals surface area (Å²) in [5, 5.41) is 10.4. The van der Waals surface area contributed by atoms with Gasteiger partial charge in [0, 0.05) is 12.5 Å². The number of fused-ring (bicyclic) bond motifs is 3. The van der Waals surface area contributed by atoms with Crippen LogP contribution in [0, 0.1) is 0 Å². The van der Waals surface area contributed by atoms with Crippen LogP contribution in [0.4, 0.5) is 4.79 Å². The van der Waals surface area contributed by atoms with Crippen LogP contribution in [0.1, 0.15) is 29.9 Å². The van der Waals surface area contributed by atoms with Crippen LogP contribution in [0.25, 0.3) is 11.1 Å². The van der Waals surface area contributed by atoms with E-state index >= 15 is 0 Å². The first-order valence-corrected chi connectivity index (χ1v) is 8.77. The molecule has 1 saturated heterocycles. The Morgan fingerprint density at radius 1 is 1.08 bits per heavy atom. The number of carbonyl (C=O) groups is 2. The predicted molar refractivity (Wildman–Crippen MR) is 95.6 cm³/mol. The van der Waals surface area contributed by atoms with Gasteiger partial charge in [0.2, 0.25) is 0 Å². The summed E-state index contributed by atoms with van der Waals surface area (Å²) in [5.74, 6) is -1.06. The van der Waals surface area contributed by atoms with E-state index in [4.69, 9.17) is 4.74 Å². The summed E-state index contributed by atoms with van der Waals surface area (Å²) in [5.41, 5.74) is 7.41. The third-order valence-corrected chi connectivity index (χ3v) is 5.07. The normalized spacial score (nSPS) is 18.9. The lowest BCUT2D eigenvalue weighted by molar-refractivity contribution is -0.145. The summed E-state index contributed by atoms with van der Waals surface area (Å²) in [6, 6.07) is 15.3. The van der Waals surface area contributed by atoms with Crippen molar-refractivity contribution in [3.05, 3.63) is 59.7 Å². The van der Waals surface area contributed by atoms with Crippen LogP contribution < -0.4 is 5.43 Å². The fraction of sp³-hybridized carbons (Fsp3) is 0.300. The van der Waals surface area contributed by atoms with Crippen molar-refractivity contribution in [2.75, 3.05) is 13.2 Å². The number of carboxylic acids is 1. The first-order chi connectivity index (χ1) is 12.7. The summed E-state index contributed by atoms with van der Waals surface area (Å²) in [7, 11) is 0. The molecule has 1 unspecified atom stereocenters. The lowest BCUT2D eigenvalue weighted by atomic mass is 9.98. The van der Waals surface area contributed by atoms with Gasteiger partial charge < -0.3 is 9.84 Å². The molecular formula is C20H20N2O4. The lowest BCUT2D eigenvalue weighted by Crippen LogP contribution is -2.56. The molecule has 2 N–H and O–H groups in total. The standard InChI is InChI=1S/C20H20N2O4/c23-19(24)18-10-5-11-21-22(18)20(25)26-12-17-15-8-3-1-6-13(15)14-7-2-4-9-16(14)17/h1-4,6-9,17-18,21H,5,10-12H2,(H,23,24). The molecule has 0 spiro atoms. The number of ether oxygens (including phenoxy) is 1. The lowest BCUT2D eigenvalue weighted by Gasteiger charge is -2.32.